The molecule has 0 fully saturated rings. The zero-order valence-electron chi connectivity index (χ0n) is 20.2. The zero-order chi connectivity index (χ0) is 21.4. The van der Waals surface area contributed by atoms with Gasteiger partial charge in [-0.2, -0.15) is 0 Å². The molecule has 0 aromatic heterocycles. The molecule has 0 aromatic rings. The van der Waals surface area contributed by atoms with Crippen LogP contribution in [0.3, 0.4) is 0 Å². The molecule has 173 valence electrons. The van der Waals surface area contributed by atoms with Gasteiger partial charge in [0.2, 0.25) is 0 Å². The van der Waals surface area contributed by atoms with Crippen LogP contribution < -0.4 is 0 Å². The van der Waals surface area contributed by atoms with Crippen molar-refractivity contribution in [2.24, 2.45) is 0 Å². The molecule has 2 nitrogen and oxygen atoms in total. The average Bonchev–Trinajstić information content (AvgIpc) is 2.73. The van der Waals surface area contributed by atoms with Crippen molar-refractivity contribution in [2.75, 3.05) is 0 Å². The first-order valence-electron chi connectivity index (χ1n) is 13.2. The van der Waals surface area contributed by atoms with Gasteiger partial charge in [-0.3, -0.25) is 4.79 Å². The van der Waals surface area contributed by atoms with Crippen molar-refractivity contribution in [3.8, 4) is 0 Å². The molecule has 0 heterocycles. The summed E-state index contributed by atoms with van der Waals surface area (Å²) >= 11 is 0. The minimum absolute atomic E-state index is 0.00586. The smallest absolute Gasteiger partial charge is 0.306 e. The first kappa shape index (κ1) is 28.5. The topological polar surface area (TPSA) is 26.3 Å². The molecular formula is C27H53O2. The molecule has 0 rings (SSSR count). The largest absolute Gasteiger partial charge is 0.462 e. The minimum atomic E-state index is -0.00586. The summed E-state index contributed by atoms with van der Waals surface area (Å²) in [6.45, 7) is 8.50. The average molecular weight is 410 g/mol. The molecule has 0 aromatic carbocycles. The Morgan fingerprint density at radius 3 is 1.41 bits per heavy atom. The Bertz CT molecular complexity index is 326. The van der Waals surface area contributed by atoms with Gasteiger partial charge in [0.25, 0.3) is 0 Å². The van der Waals surface area contributed by atoms with E-state index in [1.165, 1.54) is 109 Å². The van der Waals surface area contributed by atoms with Crippen LogP contribution in [0.4, 0.5) is 0 Å². The molecule has 0 saturated carbocycles. The lowest BCUT2D eigenvalue weighted by molar-refractivity contribution is -0.149. The Morgan fingerprint density at radius 2 is 1.00 bits per heavy atom. The van der Waals surface area contributed by atoms with Gasteiger partial charge in [-0.1, -0.05) is 123 Å². The van der Waals surface area contributed by atoms with Crippen LogP contribution in [0.15, 0.2) is 0 Å². The Hall–Kier alpha value is -0.530. The lowest BCUT2D eigenvalue weighted by atomic mass is 10.0. The van der Waals surface area contributed by atoms with Gasteiger partial charge in [-0.05, 0) is 32.6 Å². The standard InChI is InChI=1S/C27H53O2/c1-4-7-9-11-13-14-15-16-17-19-21-23-25-27(28)29-26(6-3)24-22-20-18-12-10-8-5-2/h26H,3-25H2,1-2H3. The fourth-order valence-electron chi connectivity index (χ4n) is 3.95. The zero-order valence-corrected chi connectivity index (χ0v) is 20.2. The minimum Gasteiger partial charge on any atom is -0.462 e. The summed E-state index contributed by atoms with van der Waals surface area (Å²) in [5.74, 6) is -0.00586. The molecule has 29 heavy (non-hydrogen) atoms. The van der Waals surface area contributed by atoms with Gasteiger partial charge in [0.15, 0.2) is 0 Å². The van der Waals surface area contributed by atoms with Crippen molar-refractivity contribution >= 4 is 5.97 Å². The third kappa shape index (κ3) is 22.0. The van der Waals surface area contributed by atoms with E-state index in [2.05, 4.69) is 20.8 Å². The normalized spacial score (nSPS) is 12.2. The lowest BCUT2D eigenvalue weighted by Gasteiger charge is -2.16. The van der Waals surface area contributed by atoms with E-state index < -0.39 is 0 Å². The molecule has 1 unspecified atom stereocenters. The quantitative estimate of drug-likeness (QED) is 0.124. The van der Waals surface area contributed by atoms with Gasteiger partial charge >= 0.3 is 5.97 Å². The molecule has 0 bridgehead atoms. The van der Waals surface area contributed by atoms with Crippen LogP contribution >= 0.6 is 0 Å². The van der Waals surface area contributed by atoms with Crippen LogP contribution in [0.2, 0.25) is 0 Å². The monoisotopic (exact) mass is 409 g/mol. The van der Waals surface area contributed by atoms with E-state index in [1.54, 1.807) is 0 Å². The molecule has 0 aliphatic carbocycles. The molecule has 1 atom stereocenters. The van der Waals surface area contributed by atoms with E-state index in [0.717, 1.165) is 19.3 Å². The maximum atomic E-state index is 12.1. The Balaban J connectivity index is 3.43. The Labute approximate surface area is 184 Å². The Morgan fingerprint density at radius 1 is 0.621 bits per heavy atom. The maximum absolute atomic E-state index is 12.1. The number of carbonyl (C=O) groups is 1. The second-order valence-corrected chi connectivity index (χ2v) is 8.95. The number of unbranched alkanes of at least 4 members (excludes halogenated alkanes) is 17. The summed E-state index contributed by atoms with van der Waals surface area (Å²) < 4.78 is 5.64. The highest BCUT2D eigenvalue weighted by Gasteiger charge is 2.12. The molecule has 0 aliphatic heterocycles. The number of esters is 1. The molecule has 0 saturated heterocycles. The van der Waals surface area contributed by atoms with E-state index >= 15 is 0 Å². The predicted molar refractivity (Wildman–Crippen MR) is 128 cm³/mol. The third-order valence-corrected chi connectivity index (χ3v) is 5.98. The molecule has 0 spiro atoms. The van der Waals surface area contributed by atoms with Crippen LogP contribution in [-0.2, 0) is 9.53 Å². The predicted octanol–water partition coefficient (Wildman–Crippen LogP) is 9.35. The van der Waals surface area contributed by atoms with E-state index in [1.807, 2.05) is 0 Å². The van der Waals surface area contributed by atoms with Crippen LogP contribution in [0.5, 0.6) is 0 Å². The van der Waals surface area contributed by atoms with Crippen molar-refractivity contribution in [1.29, 1.82) is 0 Å². The first-order chi connectivity index (χ1) is 14.2. The summed E-state index contributed by atoms with van der Waals surface area (Å²) in [7, 11) is 0. The number of hydrogen-bond acceptors (Lipinski definition) is 2. The van der Waals surface area contributed by atoms with Gasteiger partial charge in [0, 0.05) is 6.42 Å². The number of rotatable bonds is 23. The highest BCUT2D eigenvalue weighted by Crippen LogP contribution is 2.15. The maximum Gasteiger partial charge on any atom is 0.306 e. The fraction of sp³-hybridized carbons (Fsp3) is 0.926. The lowest BCUT2D eigenvalue weighted by Crippen LogP contribution is -2.17. The second kappa shape index (κ2) is 23.7. The number of ether oxygens (including phenoxy) is 1. The van der Waals surface area contributed by atoms with E-state index in [-0.39, 0.29) is 12.1 Å². The summed E-state index contributed by atoms with van der Waals surface area (Å²) in [5.41, 5.74) is 0. The Kier molecular flexibility index (Phi) is 23.3. The molecule has 2 heteroatoms. The second-order valence-electron chi connectivity index (χ2n) is 8.95. The summed E-state index contributed by atoms with van der Waals surface area (Å²) in [4.78, 5) is 12.1. The van der Waals surface area contributed by atoms with Crippen LogP contribution in [0.1, 0.15) is 155 Å². The van der Waals surface area contributed by atoms with Gasteiger partial charge < -0.3 is 4.74 Å². The van der Waals surface area contributed by atoms with Gasteiger partial charge in [0.1, 0.15) is 6.10 Å². The van der Waals surface area contributed by atoms with E-state index in [9.17, 15) is 4.79 Å². The summed E-state index contributed by atoms with van der Waals surface area (Å²) in [5, 5.41) is 0. The molecular weight excluding hydrogens is 356 g/mol. The molecule has 0 aliphatic rings. The van der Waals surface area contributed by atoms with E-state index in [4.69, 9.17) is 4.74 Å². The highest BCUT2D eigenvalue weighted by atomic mass is 16.5. The first-order valence-corrected chi connectivity index (χ1v) is 13.2. The number of hydrogen-bond donors (Lipinski definition) is 0. The fourth-order valence-corrected chi connectivity index (χ4v) is 3.95. The van der Waals surface area contributed by atoms with Gasteiger partial charge in [-0.25, -0.2) is 0 Å². The van der Waals surface area contributed by atoms with Crippen molar-refractivity contribution < 1.29 is 9.53 Å². The van der Waals surface area contributed by atoms with Crippen molar-refractivity contribution in [2.45, 2.75) is 161 Å². The van der Waals surface area contributed by atoms with E-state index in [0.29, 0.717) is 12.8 Å². The highest BCUT2D eigenvalue weighted by molar-refractivity contribution is 5.69. The van der Waals surface area contributed by atoms with Crippen molar-refractivity contribution in [3.63, 3.8) is 0 Å². The summed E-state index contributed by atoms with van der Waals surface area (Å²) in [6, 6.07) is 0. The van der Waals surface area contributed by atoms with Crippen LogP contribution in [-0.4, -0.2) is 12.1 Å². The van der Waals surface area contributed by atoms with Crippen LogP contribution in [0.25, 0.3) is 0 Å². The molecule has 0 N–H and O–H groups in total. The third-order valence-electron chi connectivity index (χ3n) is 5.98. The molecule has 0 amide bonds. The molecule has 1 radical (unpaired) electrons. The van der Waals surface area contributed by atoms with Gasteiger partial charge in [-0.15, -0.1) is 0 Å². The number of carbonyl (C=O) groups excluding carboxylic acids is 1. The van der Waals surface area contributed by atoms with Crippen molar-refractivity contribution in [3.05, 3.63) is 6.92 Å². The van der Waals surface area contributed by atoms with Crippen molar-refractivity contribution in [1.82, 2.24) is 0 Å². The SMILES string of the molecule is [CH2]CC(CCCCCCCCC)OC(=O)CCCCCCCCCCCCCC. The van der Waals surface area contributed by atoms with Crippen LogP contribution in [0, 0.1) is 6.92 Å². The van der Waals surface area contributed by atoms with Gasteiger partial charge in [0.05, 0.1) is 0 Å². The summed E-state index contributed by atoms with van der Waals surface area (Å²) in [6.07, 6.45) is 27.3.